The predicted octanol–water partition coefficient (Wildman–Crippen LogP) is 5.42. The quantitative estimate of drug-likeness (QED) is 0.501. The summed E-state index contributed by atoms with van der Waals surface area (Å²) in [5, 5.41) is 0. The van der Waals surface area contributed by atoms with Crippen LogP contribution in [0.2, 0.25) is 0 Å². The van der Waals surface area contributed by atoms with Crippen LogP contribution in [0.4, 0.5) is 0 Å². The molecule has 0 spiro atoms. The molecule has 15 heavy (non-hydrogen) atoms. The molecule has 1 rings (SSSR count). The minimum atomic E-state index is 0.502. The minimum absolute atomic E-state index is 0.502. The Bertz CT molecular complexity index is 183. The normalized spacial score (nSPS) is 29.0. The fourth-order valence-electron chi connectivity index (χ4n) is 2.96. The van der Waals surface area contributed by atoms with E-state index in [-0.39, 0.29) is 0 Å². The summed E-state index contributed by atoms with van der Waals surface area (Å²) in [6.45, 7) is 12.2. The first-order valence-electron chi connectivity index (χ1n) is 6.81. The van der Waals surface area contributed by atoms with Gasteiger partial charge in [-0.2, -0.15) is 0 Å². The smallest absolute Gasteiger partial charge is 0.0351 e. The number of rotatable bonds is 0. The van der Waals surface area contributed by atoms with Gasteiger partial charge in [0.25, 0.3) is 0 Å². The minimum Gasteiger partial charge on any atom is -0.0599 e. The van der Waals surface area contributed by atoms with Gasteiger partial charge in [0.15, 0.2) is 0 Å². The van der Waals surface area contributed by atoms with E-state index in [1.807, 2.05) is 0 Å². The first-order chi connectivity index (χ1) is 6.81. The van der Waals surface area contributed by atoms with Crippen LogP contribution in [0, 0.1) is 16.7 Å². The topological polar surface area (TPSA) is 0 Å². The summed E-state index contributed by atoms with van der Waals surface area (Å²) in [7, 11) is 0. The standard InChI is InChI=1S/C15H30/c1-14(2,3)13-10-8-6-7-9-11-15(4,5)12-13/h13H,6-12H2,1-5H3. The molecular weight excluding hydrogens is 180 g/mol. The second-order valence-corrected chi connectivity index (χ2v) is 7.38. The van der Waals surface area contributed by atoms with Crippen molar-refractivity contribution in [2.75, 3.05) is 0 Å². The maximum Gasteiger partial charge on any atom is -0.0351 e. The summed E-state index contributed by atoms with van der Waals surface area (Å²) < 4.78 is 0. The molecule has 90 valence electrons. The van der Waals surface area contributed by atoms with E-state index >= 15 is 0 Å². The Hall–Kier alpha value is 0. The molecule has 0 aromatic heterocycles. The van der Waals surface area contributed by atoms with Gasteiger partial charge in [-0.05, 0) is 36.0 Å². The number of hydrogen-bond donors (Lipinski definition) is 0. The monoisotopic (exact) mass is 210 g/mol. The largest absolute Gasteiger partial charge is 0.0599 e. The third-order valence-corrected chi connectivity index (χ3v) is 4.18. The summed E-state index contributed by atoms with van der Waals surface area (Å²) in [5.74, 6) is 0.922. The fourth-order valence-corrected chi connectivity index (χ4v) is 2.96. The number of hydrogen-bond acceptors (Lipinski definition) is 0. The van der Waals surface area contributed by atoms with Crippen LogP contribution in [-0.2, 0) is 0 Å². The molecule has 0 heteroatoms. The lowest BCUT2D eigenvalue weighted by molar-refractivity contribution is 0.140. The zero-order valence-corrected chi connectivity index (χ0v) is 11.5. The average molecular weight is 210 g/mol. The van der Waals surface area contributed by atoms with Crippen molar-refractivity contribution in [3.63, 3.8) is 0 Å². The van der Waals surface area contributed by atoms with Gasteiger partial charge < -0.3 is 0 Å². The summed E-state index contributed by atoms with van der Waals surface area (Å²) in [6, 6.07) is 0. The zero-order valence-electron chi connectivity index (χ0n) is 11.5. The summed E-state index contributed by atoms with van der Waals surface area (Å²) in [4.78, 5) is 0. The van der Waals surface area contributed by atoms with Gasteiger partial charge >= 0.3 is 0 Å². The van der Waals surface area contributed by atoms with Gasteiger partial charge in [0.05, 0.1) is 0 Å². The van der Waals surface area contributed by atoms with Crippen molar-refractivity contribution in [2.45, 2.75) is 79.6 Å². The van der Waals surface area contributed by atoms with Crippen LogP contribution in [0.25, 0.3) is 0 Å². The molecule has 1 saturated carbocycles. The lowest BCUT2D eigenvalue weighted by Crippen LogP contribution is -2.26. The first kappa shape index (κ1) is 13.1. The van der Waals surface area contributed by atoms with Crippen molar-refractivity contribution in [3.8, 4) is 0 Å². The van der Waals surface area contributed by atoms with Gasteiger partial charge in [-0.15, -0.1) is 0 Å². The third kappa shape index (κ3) is 4.57. The summed E-state index contributed by atoms with van der Waals surface area (Å²) in [6.07, 6.45) is 10.1. The Morgan fingerprint density at radius 3 is 2.13 bits per heavy atom. The lowest BCUT2D eigenvalue weighted by atomic mass is 9.69. The molecule has 0 amide bonds. The Labute approximate surface area is 96.8 Å². The maximum absolute atomic E-state index is 2.47. The van der Waals surface area contributed by atoms with Crippen LogP contribution in [0.15, 0.2) is 0 Å². The van der Waals surface area contributed by atoms with E-state index in [1.54, 1.807) is 0 Å². The zero-order chi connectivity index (χ0) is 11.5. The van der Waals surface area contributed by atoms with Crippen LogP contribution < -0.4 is 0 Å². The Balaban J connectivity index is 2.67. The highest BCUT2D eigenvalue weighted by molar-refractivity contribution is 4.82. The molecule has 0 aromatic rings. The molecule has 0 aromatic carbocycles. The molecular formula is C15H30. The van der Waals surface area contributed by atoms with Gasteiger partial charge in [0.2, 0.25) is 0 Å². The highest BCUT2D eigenvalue weighted by Crippen LogP contribution is 2.42. The first-order valence-corrected chi connectivity index (χ1v) is 6.81. The van der Waals surface area contributed by atoms with Crippen molar-refractivity contribution in [3.05, 3.63) is 0 Å². The van der Waals surface area contributed by atoms with Crippen LogP contribution in [-0.4, -0.2) is 0 Å². The van der Waals surface area contributed by atoms with Gasteiger partial charge in [-0.1, -0.05) is 60.3 Å². The molecule has 0 aliphatic heterocycles. The molecule has 0 heterocycles. The third-order valence-electron chi connectivity index (χ3n) is 4.18. The molecule has 0 radical (unpaired) electrons. The van der Waals surface area contributed by atoms with E-state index in [1.165, 1.54) is 44.9 Å². The second kappa shape index (κ2) is 4.89. The molecule has 0 N–H and O–H groups in total. The van der Waals surface area contributed by atoms with E-state index < -0.39 is 0 Å². The van der Waals surface area contributed by atoms with Crippen molar-refractivity contribution >= 4 is 0 Å². The van der Waals surface area contributed by atoms with Crippen molar-refractivity contribution in [2.24, 2.45) is 16.7 Å². The molecule has 1 fully saturated rings. The highest BCUT2D eigenvalue weighted by Gasteiger charge is 2.31. The van der Waals surface area contributed by atoms with E-state index in [0.717, 1.165) is 5.92 Å². The van der Waals surface area contributed by atoms with E-state index in [2.05, 4.69) is 34.6 Å². The fraction of sp³-hybridized carbons (Fsp3) is 1.00. The Kier molecular flexibility index (Phi) is 4.26. The van der Waals surface area contributed by atoms with Gasteiger partial charge in [-0.3, -0.25) is 0 Å². The van der Waals surface area contributed by atoms with E-state index in [4.69, 9.17) is 0 Å². The predicted molar refractivity (Wildman–Crippen MR) is 69.0 cm³/mol. The SMILES string of the molecule is CC1(C)CCCCCCC(C(C)(C)C)C1. The molecule has 0 nitrogen and oxygen atoms in total. The van der Waals surface area contributed by atoms with Crippen LogP contribution in [0.1, 0.15) is 79.6 Å². The highest BCUT2D eigenvalue weighted by atomic mass is 14.4. The van der Waals surface area contributed by atoms with E-state index in [0.29, 0.717) is 10.8 Å². The van der Waals surface area contributed by atoms with Crippen molar-refractivity contribution in [1.82, 2.24) is 0 Å². The molecule has 1 aliphatic rings. The van der Waals surface area contributed by atoms with Gasteiger partial charge in [0.1, 0.15) is 0 Å². The van der Waals surface area contributed by atoms with Gasteiger partial charge in [0, 0.05) is 0 Å². The molecule has 1 unspecified atom stereocenters. The molecule has 1 atom stereocenters. The summed E-state index contributed by atoms with van der Waals surface area (Å²) >= 11 is 0. The van der Waals surface area contributed by atoms with Crippen molar-refractivity contribution in [1.29, 1.82) is 0 Å². The van der Waals surface area contributed by atoms with Crippen LogP contribution >= 0.6 is 0 Å². The molecule has 0 saturated heterocycles. The molecule has 0 bridgehead atoms. The molecule has 1 aliphatic carbocycles. The van der Waals surface area contributed by atoms with Gasteiger partial charge in [-0.25, -0.2) is 0 Å². The lowest BCUT2D eigenvalue weighted by Gasteiger charge is -2.37. The Morgan fingerprint density at radius 1 is 0.933 bits per heavy atom. The Morgan fingerprint density at radius 2 is 1.53 bits per heavy atom. The average Bonchev–Trinajstić information content (AvgIpc) is 2.13. The second-order valence-electron chi connectivity index (χ2n) is 7.38. The van der Waals surface area contributed by atoms with Crippen LogP contribution in [0.3, 0.4) is 0 Å². The maximum atomic E-state index is 2.47. The van der Waals surface area contributed by atoms with Crippen molar-refractivity contribution < 1.29 is 0 Å². The summed E-state index contributed by atoms with van der Waals surface area (Å²) in [5.41, 5.74) is 1.07. The van der Waals surface area contributed by atoms with E-state index in [9.17, 15) is 0 Å². The van der Waals surface area contributed by atoms with Crippen LogP contribution in [0.5, 0.6) is 0 Å².